The van der Waals surface area contributed by atoms with Crippen LogP contribution >= 0.6 is 0 Å². The van der Waals surface area contributed by atoms with Gasteiger partial charge in [0.25, 0.3) is 5.91 Å². The Bertz CT molecular complexity index is 1170. The fourth-order valence-corrected chi connectivity index (χ4v) is 3.79. The molecule has 34 heavy (non-hydrogen) atoms. The van der Waals surface area contributed by atoms with Crippen LogP contribution in [0.5, 0.6) is 5.75 Å². The zero-order valence-electron chi connectivity index (χ0n) is 20.0. The fraction of sp³-hybridized carbons (Fsp3) is 0.375. The van der Waals surface area contributed by atoms with Crippen molar-refractivity contribution in [2.75, 3.05) is 19.0 Å². The van der Waals surface area contributed by atoms with Gasteiger partial charge in [-0.05, 0) is 36.0 Å². The third-order valence-corrected chi connectivity index (χ3v) is 5.90. The van der Waals surface area contributed by atoms with Gasteiger partial charge in [-0.3, -0.25) is 24.6 Å². The van der Waals surface area contributed by atoms with E-state index in [1.54, 1.807) is 26.0 Å². The van der Waals surface area contributed by atoms with Crippen molar-refractivity contribution in [3.63, 3.8) is 0 Å². The Morgan fingerprint density at radius 3 is 2.35 bits per heavy atom. The predicted molar refractivity (Wildman–Crippen MR) is 126 cm³/mol. The molecule has 2 aromatic carbocycles. The molecule has 0 aliphatic carbocycles. The van der Waals surface area contributed by atoms with Crippen molar-refractivity contribution in [3.8, 4) is 5.75 Å². The molecule has 0 aromatic heterocycles. The maximum absolute atomic E-state index is 13.2. The van der Waals surface area contributed by atoms with Gasteiger partial charge in [-0.25, -0.2) is 4.79 Å². The van der Waals surface area contributed by atoms with Crippen molar-refractivity contribution in [1.82, 2.24) is 10.2 Å². The highest BCUT2D eigenvalue weighted by Crippen LogP contribution is 2.33. The summed E-state index contributed by atoms with van der Waals surface area (Å²) in [6.07, 6.45) is 0. The van der Waals surface area contributed by atoms with E-state index in [2.05, 4.69) is 31.4 Å². The second kappa shape index (κ2) is 8.77. The summed E-state index contributed by atoms with van der Waals surface area (Å²) in [7, 11) is 1.28. The number of benzene rings is 2. The standard InChI is InChI=1S/C24H28N4O6/c1-14-11-18(28(32)33)19(34-6)12-17(14)25-20(29)13-27-21(30)24(5,26-22(27)31)16-9-7-15(8-10-16)23(2,3)4/h7-12H,13H2,1-6H3,(H,25,29)(H,26,31). The summed E-state index contributed by atoms with van der Waals surface area (Å²) in [6.45, 7) is 8.91. The van der Waals surface area contributed by atoms with E-state index in [1.807, 2.05) is 12.1 Å². The molecule has 1 fully saturated rings. The van der Waals surface area contributed by atoms with Crippen LogP contribution in [0.15, 0.2) is 36.4 Å². The monoisotopic (exact) mass is 468 g/mol. The smallest absolute Gasteiger partial charge is 0.325 e. The van der Waals surface area contributed by atoms with Crippen LogP contribution in [-0.4, -0.2) is 41.3 Å². The second-order valence-electron chi connectivity index (χ2n) is 9.42. The molecule has 0 radical (unpaired) electrons. The summed E-state index contributed by atoms with van der Waals surface area (Å²) in [6, 6.07) is 9.36. The Kier molecular flexibility index (Phi) is 6.37. The number of urea groups is 1. The lowest BCUT2D eigenvalue weighted by atomic mass is 9.84. The van der Waals surface area contributed by atoms with Gasteiger partial charge in [0.1, 0.15) is 12.1 Å². The second-order valence-corrected chi connectivity index (χ2v) is 9.42. The van der Waals surface area contributed by atoms with E-state index in [4.69, 9.17) is 4.74 Å². The first-order valence-electron chi connectivity index (χ1n) is 10.7. The highest BCUT2D eigenvalue weighted by Gasteiger charge is 2.49. The molecule has 3 rings (SSSR count). The average molecular weight is 469 g/mol. The van der Waals surface area contributed by atoms with Gasteiger partial charge >= 0.3 is 11.7 Å². The average Bonchev–Trinajstić information content (AvgIpc) is 2.98. The van der Waals surface area contributed by atoms with Crippen LogP contribution in [-0.2, 0) is 20.5 Å². The Morgan fingerprint density at radius 1 is 1.21 bits per heavy atom. The molecule has 4 amide bonds. The first-order valence-corrected chi connectivity index (χ1v) is 10.7. The van der Waals surface area contributed by atoms with Gasteiger partial charge in [0.15, 0.2) is 5.75 Å². The zero-order valence-corrected chi connectivity index (χ0v) is 20.0. The molecule has 1 atom stereocenters. The third kappa shape index (κ3) is 4.57. The number of hydrogen-bond acceptors (Lipinski definition) is 6. The van der Waals surface area contributed by atoms with Gasteiger partial charge in [0.2, 0.25) is 5.91 Å². The number of methoxy groups -OCH3 is 1. The van der Waals surface area contributed by atoms with Crippen molar-refractivity contribution < 1.29 is 24.0 Å². The molecule has 10 nitrogen and oxygen atoms in total. The van der Waals surface area contributed by atoms with Gasteiger partial charge in [-0.2, -0.15) is 0 Å². The number of ether oxygens (including phenoxy) is 1. The number of nitro benzene ring substituents is 1. The van der Waals surface area contributed by atoms with Crippen LogP contribution in [0.25, 0.3) is 0 Å². The first-order chi connectivity index (χ1) is 15.8. The number of nitrogens with zero attached hydrogens (tertiary/aromatic N) is 2. The van der Waals surface area contributed by atoms with Gasteiger partial charge < -0.3 is 15.4 Å². The summed E-state index contributed by atoms with van der Waals surface area (Å²) < 4.78 is 5.04. The number of anilines is 1. The first kappa shape index (κ1) is 24.7. The molecule has 1 saturated heterocycles. The van der Waals surface area contributed by atoms with Gasteiger partial charge in [-0.15, -0.1) is 0 Å². The number of amides is 4. The molecule has 1 unspecified atom stereocenters. The van der Waals surface area contributed by atoms with Crippen molar-refractivity contribution >= 4 is 29.2 Å². The predicted octanol–water partition coefficient (Wildman–Crippen LogP) is 3.62. The van der Waals surface area contributed by atoms with E-state index < -0.39 is 34.9 Å². The number of nitro groups is 1. The van der Waals surface area contributed by atoms with Crippen molar-refractivity contribution in [2.24, 2.45) is 0 Å². The number of imide groups is 1. The molecular weight excluding hydrogens is 440 g/mol. The Labute approximate surface area is 197 Å². The maximum atomic E-state index is 13.2. The molecule has 180 valence electrons. The largest absolute Gasteiger partial charge is 0.490 e. The molecule has 0 bridgehead atoms. The maximum Gasteiger partial charge on any atom is 0.325 e. The molecule has 1 aliphatic heterocycles. The van der Waals surface area contributed by atoms with Crippen LogP contribution < -0.4 is 15.4 Å². The summed E-state index contributed by atoms with van der Waals surface area (Å²) in [5.41, 5.74) is 0.799. The topological polar surface area (TPSA) is 131 Å². The minimum Gasteiger partial charge on any atom is -0.490 e. The molecule has 2 aromatic rings. The molecule has 1 aliphatic rings. The Morgan fingerprint density at radius 2 is 1.82 bits per heavy atom. The van der Waals surface area contributed by atoms with E-state index in [0.717, 1.165) is 10.5 Å². The van der Waals surface area contributed by atoms with Crippen molar-refractivity contribution in [1.29, 1.82) is 0 Å². The van der Waals surface area contributed by atoms with Crippen LogP contribution in [0.1, 0.15) is 44.4 Å². The Hall–Kier alpha value is -3.95. The van der Waals surface area contributed by atoms with E-state index in [9.17, 15) is 24.5 Å². The highest BCUT2D eigenvalue weighted by molar-refractivity contribution is 6.10. The van der Waals surface area contributed by atoms with Crippen LogP contribution in [0.3, 0.4) is 0 Å². The van der Waals surface area contributed by atoms with Crippen molar-refractivity contribution in [3.05, 3.63) is 63.2 Å². The molecule has 0 spiro atoms. The Balaban J connectivity index is 1.78. The summed E-state index contributed by atoms with van der Waals surface area (Å²) >= 11 is 0. The summed E-state index contributed by atoms with van der Waals surface area (Å²) in [4.78, 5) is 49.9. The van der Waals surface area contributed by atoms with E-state index in [-0.39, 0.29) is 22.5 Å². The molecule has 0 saturated carbocycles. The number of rotatable bonds is 6. The SMILES string of the molecule is COc1cc(NC(=O)CN2C(=O)NC(C)(c3ccc(C(C)(C)C)cc3)C2=O)c(C)cc1[N+](=O)[O-]. The number of hydrogen-bond donors (Lipinski definition) is 2. The minimum atomic E-state index is -1.31. The van der Waals surface area contributed by atoms with Gasteiger partial charge in [0, 0.05) is 17.8 Å². The number of nitrogens with one attached hydrogen (secondary N) is 2. The molecular formula is C24H28N4O6. The number of carbonyl (C=O) groups excluding carboxylic acids is 3. The summed E-state index contributed by atoms with van der Waals surface area (Å²) in [5.74, 6) is -1.20. The lowest BCUT2D eigenvalue weighted by molar-refractivity contribution is -0.385. The third-order valence-electron chi connectivity index (χ3n) is 5.90. The molecule has 1 heterocycles. The zero-order chi connectivity index (χ0) is 25.4. The fourth-order valence-electron chi connectivity index (χ4n) is 3.79. The molecule has 2 N–H and O–H groups in total. The lowest BCUT2D eigenvalue weighted by Gasteiger charge is -2.24. The normalized spacial score (nSPS) is 18.0. The summed E-state index contributed by atoms with van der Waals surface area (Å²) in [5, 5.41) is 16.4. The highest BCUT2D eigenvalue weighted by atomic mass is 16.6. The van der Waals surface area contributed by atoms with E-state index in [1.165, 1.54) is 19.2 Å². The number of carbonyl (C=O) groups is 3. The van der Waals surface area contributed by atoms with Gasteiger partial charge in [-0.1, -0.05) is 45.0 Å². The van der Waals surface area contributed by atoms with Crippen LogP contribution in [0.4, 0.5) is 16.2 Å². The van der Waals surface area contributed by atoms with E-state index >= 15 is 0 Å². The number of aryl methyl sites for hydroxylation is 1. The lowest BCUT2D eigenvalue weighted by Crippen LogP contribution is -2.42. The van der Waals surface area contributed by atoms with Crippen molar-refractivity contribution in [2.45, 2.75) is 45.6 Å². The van der Waals surface area contributed by atoms with Crippen LogP contribution in [0.2, 0.25) is 0 Å². The van der Waals surface area contributed by atoms with E-state index in [0.29, 0.717) is 11.1 Å². The van der Waals surface area contributed by atoms with Crippen LogP contribution in [0, 0.1) is 17.0 Å². The van der Waals surface area contributed by atoms with Gasteiger partial charge in [0.05, 0.1) is 12.0 Å². The quantitative estimate of drug-likeness (QED) is 0.378. The minimum absolute atomic E-state index is 0.0211. The molecule has 10 heteroatoms.